The molecule has 0 saturated carbocycles. The van der Waals surface area contributed by atoms with Crippen molar-refractivity contribution in [2.75, 3.05) is 19.0 Å². The molecule has 1 atom stereocenters. The molecular weight excluding hydrogens is 316 g/mol. The first kappa shape index (κ1) is 17.3. The van der Waals surface area contributed by atoms with Gasteiger partial charge in [-0.05, 0) is 43.0 Å². The highest BCUT2D eigenvalue weighted by atomic mass is 16.5. The quantitative estimate of drug-likeness (QED) is 0.834. The molecule has 2 aromatic rings. The number of carbonyl (C=O) groups excluding carboxylic acids is 1. The van der Waals surface area contributed by atoms with Gasteiger partial charge in [0.25, 0.3) is 0 Å². The third kappa shape index (κ3) is 3.94. The lowest BCUT2D eigenvalue weighted by molar-refractivity contribution is 0.134. The van der Waals surface area contributed by atoms with Crippen LogP contribution in [-0.2, 0) is 17.8 Å². The van der Waals surface area contributed by atoms with E-state index in [0.29, 0.717) is 13.2 Å². The topological polar surface area (TPSA) is 59.6 Å². The summed E-state index contributed by atoms with van der Waals surface area (Å²) in [4.78, 5) is 12.5. The van der Waals surface area contributed by atoms with Crippen LogP contribution in [0.25, 0.3) is 0 Å². The maximum atomic E-state index is 12.5. The first-order valence-corrected chi connectivity index (χ1v) is 8.62. The Kier molecular flexibility index (Phi) is 5.56. The van der Waals surface area contributed by atoms with E-state index < -0.39 is 0 Å². The lowest BCUT2D eigenvalue weighted by Crippen LogP contribution is -2.31. The van der Waals surface area contributed by atoms with Crippen molar-refractivity contribution in [3.8, 4) is 5.75 Å². The van der Waals surface area contributed by atoms with E-state index in [1.807, 2.05) is 43.3 Å². The molecule has 25 heavy (non-hydrogen) atoms. The number of hydrogen-bond acceptors (Lipinski definition) is 3. The first-order chi connectivity index (χ1) is 12.2. The summed E-state index contributed by atoms with van der Waals surface area (Å²) < 4.78 is 10.9. The van der Waals surface area contributed by atoms with Crippen molar-refractivity contribution < 1.29 is 14.3 Å². The minimum atomic E-state index is -0.204. The highest BCUT2D eigenvalue weighted by Crippen LogP contribution is 2.36. The predicted octanol–water partition coefficient (Wildman–Crippen LogP) is 4.04. The molecule has 0 aliphatic heterocycles. The van der Waals surface area contributed by atoms with Crippen molar-refractivity contribution in [3.63, 3.8) is 0 Å². The zero-order chi connectivity index (χ0) is 17.6. The van der Waals surface area contributed by atoms with Crippen LogP contribution in [0, 0.1) is 0 Å². The minimum absolute atomic E-state index is 0.00385. The molecule has 2 aromatic carbocycles. The molecule has 5 heteroatoms. The van der Waals surface area contributed by atoms with E-state index in [1.165, 1.54) is 5.56 Å². The fourth-order valence-electron chi connectivity index (χ4n) is 3.26. The zero-order valence-corrected chi connectivity index (χ0v) is 14.7. The lowest BCUT2D eigenvalue weighted by atomic mass is 10.1. The number of nitrogens with one attached hydrogen (secondary N) is 2. The monoisotopic (exact) mass is 340 g/mol. The fourth-order valence-corrected chi connectivity index (χ4v) is 3.26. The van der Waals surface area contributed by atoms with Gasteiger partial charge in [-0.3, -0.25) is 0 Å². The summed E-state index contributed by atoms with van der Waals surface area (Å²) >= 11 is 0. The van der Waals surface area contributed by atoms with Crippen LogP contribution < -0.4 is 15.4 Å². The Balaban J connectivity index is 1.67. The fraction of sp³-hybridized carbons (Fsp3) is 0.350. The van der Waals surface area contributed by atoms with Gasteiger partial charge in [0.05, 0.1) is 19.8 Å². The number of fused-ring (bicyclic) bond motifs is 1. The van der Waals surface area contributed by atoms with E-state index in [0.717, 1.165) is 35.4 Å². The Hall–Kier alpha value is -2.53. The summed E-state index contributed by atoms with van der Waals surface area (Å²) in [7, 11) is 1.68. The van der Waals surface area contributed by atoms with Crippen LogP contribution in [0.15, 0.2) is 42.5 Å². The molecule has 0 heterocycles. The van der Waals surface area contributed by atoms with Crippen LogP contribution >= 0.6 is 0 Å². The number of urea groups is 1. The Morgan fingerprint density at radius 1 is 1.20 bits per heavy atom. The van der Waals surface area contributed by atoms with E-state index in [1.54, 1.807) is 7.11 Å². The SMILES string of the molecule is CCOCc1ccccc1NC(=O)N[C@@H]1CCc2c(OC)cccc21. The number of amides is 2. The van der Waals surface area contributed by atoms with Gasteiger partial charge in [0.2, 0.25) is 0 Å². The predicted molar refractivity (Wildman–Crippen MR) is 98.0 cm³/mol. The van der Waals surface area contributed by atoms with Gasteiger partial charge in [-0.15, -0.1) is 0 Å². The third-order valence-corrected chi connectivity index (χ3v) is 4.48. The van der Waals surface area contributed by atoms with Gasteiger partial charge in [0, 0.05) is 17.9 Å². The largest absolute Gasteiger partial charge is 0.496 e. The number of benzene rings is 2. The van der Waals surface area contributed by atoms with E-state index in [9.17, 15) is 4.79 Å². The number of anilines is 1. The summed E-state index contributed by atoms with van der Waals surface area (Å²) in [5.74, 6) is 0.893. The maximum Gasteiger partial charge on any atom is 0.319 e. The van der Waals surface area contributed by atoms with Gasteiger partial charge in [-0.2, -0.15) is 0 Å². The summed E-state index contributed by atoms with van der Waals surface area (Å²) in [5.41, 5.74) is 4.06. The van der Waals surface area contributed by atoms with Crippen molar-refractivity contribution in [2.45, 2.75) is 32.4 Å². The smallest absolute Gasteiger partial charge is 0.319 e. The Labute approximate surface area is 148 Å². The van der Waals surface area contributed by atoms with Crippen LogP contribution in [0.2, 0.25) is 0 Å². The van der Waals surface area contributed by atoms with Crippen LogP contribution in [-0.4, -0.2) is 19.7 Å². The third-order valence-electron chi connectivity index (χ3n) is 4.48. The normalized spacial score (nSPS) is 15.5. The van der Waals surface area contributed by atoms with Crippen LogP contribution in [0.4, 0.5) is 10.5 Å². The number of rotatable bonds is 6. The van der Waals surface area contributed by atoms with Gasteiger partial charge in [0.1, 0.15) is 5.75 Å². The molecular formula is C20H24N2O3. The zero-order valence-electron chi connectivity index (χ0n) is 14.7. The highest BCUT2D eigenvalue weighted by Gasteiger charge is 2.26. The van der Waals surface area contributed by atoms with Gasteiger partial charge in [-0.25, -0.2) is 4.79 Å². The van der Waals surface area contributed by atoms with Gasteiger partial charge >= 0.3 is 6.03 Å². The molecule has 0 spiro atoms. The molecule has 2 N–H and O–H groups in total. The van der Waals surface area contributed by atoms with E-state index in [2.05, 4.69) is 16.7 Å². The first-order valence-electron chi connectivity index (χ1n) is 8.62. The molecule has 1 aliphatic rings. The summed E-state index contributed by atoms with van der Waals surface area (Å²) in [6.45, 7) is 3.08. The van der Waals surface area contributed by atoms with Crippen molar-refractivity contribution in [2.24, 2.45) is 0 Å². The van der Waals surface area contributed by atoms with Crippen LogP contribution in [0.3, 0.4) is 0 Å². The maximum absolute atomic E-state index is 12.5. The van der Waals surface area contributed by atoms with Gasteiger partial charge < -0.3 is 20.1 Å². The van der Waals surface area contributed by atoms with Crippen molar-refractivity contribution in [3.05, 3.63) is 59.2 Å². The Morgan fingerprint density at radius 2 is 2.04 bits per heavy atom. The van der Waals surface area contributed by atoms with E-state index >= 15 is 0 Å². The highest BCUT2D eigenvalue weighted by molar-refractivity contribution is 5.90. The summed E-state index contributed by atoms with van der Waals surface area (Å²) in [6.07, 6.45) is 1.79. The Morgan fingerprint density at radius 3 is 2.84 bits per heavy atom. The van der Waals surface area contributed by atoms with Crippen LogP contribution in [0.5, 0.6) is 5.75 Å². The molecule has 0 unspecified atom stereocenters. The van der Waals surface area contributed by atoms with Crippen molar-refractivity contribution in [1.82, 2.24) is 5.32 Å². The second-order valence-corrected chi connectivity index (χ2v) is 6.01. The van der Waals surface area contributed by atoms with E-state index in [-0.39, 0.29) is 12.1 Å². The molecule has 1 aliphatic carbocycles. The van der Waals surface area contributed by atoms with Crippen molar-refractivity contribution >= 4 is 11.7 Å². The molecule has 0 aromatic heterocycles. The average molecular weight is 340 g/mol. The van der Waals surface area contributed by atoms with E-state index in [4.69, 9.17) is 9.47 Å². The van der Waals surface area contributed by atoms with Gasteiger partial charge in [-0.1, -0.05) is 30.3 Å². The second kappa shape index (κ2) is 8.03. The number of ether oxygens (including phenoxy) is 2. The molecule has 5 nitrogen and oxygen atoms in total. The molecule has 0 bridgehead atoms. The minimum Gasteiger partial charge on any atom is -0.496 e. The van der Waals surface area contributed by atoms with Crippen LogP contribution in [0.1, 0.15) is 36.1 Å². The number of carbonyl (C=O) groups is 1. The molecule has 2 amide bonds. The average Bonchev–Trinajstić information content (AvgIpc) is 3.04. The molecule has 0 radical (unpaired) electrons. The molecule has 132 valence electrons. The summed E-state index contributed by atoms with van der Waals surface area (Å²) in [6, 6.07) is 13.5. The lowest BCUT2D eigenvalue weighted by Gasteiger charge is -2.17. The molecule has 0 fully saturated rings. The molecule has 3 rings (SSSR count). The van der Waals surface area contributed by atoms with Crippen molar-refractivity contribution in [1.29, 1.82) is 0 Å². The number of hydrogen-bond donors (Lipinski definition) is 2. The van der Waals surface area contributed by atoms with Gasteiger partial charge in [0.15, 0.2) is 0 Å². The summed E-state index contributed by atoms with van der Waals surface area (Å²) in [5, 5.41) is 6.02. The Bertz CT molecular complexity index is 745. The number of methoxy groups -OCH3 is 1. The standard InChI is InChI=1S/C20H24N2O3/c1-3-25-13-14-7-4-5-9-17(14)21-20(23)22-18-12-11-16-15(18)8-6-10-19(16)24-2/h4-10,18H,3,11-13H2,1-2H3,(H2,21,22,23)/t18-/m1/s1. The second-order valence-electron chi connectivity index (χ2n) is 6.01. The number of para-hydroxylation sites is 1. The molecule has 0 saturated heterocycles.